The second-order valence-electron chi connectivity index (χ2n) is 4.13. The summed E-state index contributed by atoms with van der Waals surface area (Å²) in [4.78, 5) is 6.30. The number of hydrogen-bond donors (Lipinski definition) is 2. The molecule has 2 aromatic rings. The van der Waals surface area contributed by atoms with E-state index < -0.39 is 0 Å². The van der Waals surface area contributed by atoms with Crippen molar-refractivity contribution in [1.29, 1.82) is 0 Å². The Morgan fingerprint density at radius 1 is 1.55 bits per heavy atom. The smallest absolute Gasteiger partial charge is 0.203 e. The molecule has 0 aliphatic carbocycles. The van der Waals surface area contributed by atoms with Crippen LogP contribution in [0.15, 0.2) is 23.9 Å². The Bertz CT molecular complexity index is 583. The predicted molar refractivity (Wildman–Crippen MR) is 72.9 cm³/mol. The quantitative estimate of drug-likeness (QED) is 0.310. The van der Waals surface area contributed by atoms with Gasteiger partial charge in [0, 0.05) is 39.0 Å². The van der Waals surface area contributed by atoms with Crippen molar-refractivity contribution in [1.82, 2.24) is 19.6 Å². The van der Waals surface area contributed by atoms with E-state index in [1.165, 1.54) is 0 Å². The molecule has 0 radical (unpaired) electrons. The van der Waals surface area contributed by atoms with Crippen LogP contribution < -0.4 is 10.6 Å². The molecule has 0 aliphatic rings. The van der Waals surface area contributed by atoms with E-state index in [0.29, 0.717) is 37.6 Å². The number of fused-ring (bicyclic) bond motifs is 1. The molecular formula is C11H17N7O2. The van der Waals surface area contributed by atoms with Crippen molar-refractivity contribution < 1.29 is 9.94 Å². The fourth-order valence-electron chi connectivity index (χ4n) is 1.79. The third-order valence-electron chi connectivity index (χ3n) is 2.83. The van der Waals surface area contributed by atoms with E-state index in [9.17, 15) is 0 Å². The Labute approximate surface area is 115 Å². The number of oxime groups is 1. The fraction of sp³-hybridized carbons (Fsp3) is 0.455. The van der Waals surface area contributed by atoms with Gasteiger partial charge in [-0.2, -0.15) is 0 Å². The molecule has 3 N–H and O–H groups in total. The Morgan fingerprint density at radius 2 is 2.40 bits per heavy atom. The van der Waals surface area contributed by atoms with Crippen LogP contribution in [0.1, 0.15) is 6.42 Å². The lowest BCUT2D eigenvalue weighted by Crippen LogP contribution is -2.32. The van der Waals surface area contributed by atoms with Gasteiger partial charge in [-0.15, -0.1) is 10.2 Å². The lowest BCUT2D eigenvalue weighted by molar-refractivity contribution is 0.205. The first-order valence-corrected chi connectivity index (χ1v) is 6.11. The maximum absolute atomic E-state index is 8.61. The van der Waals surface area contributed by atoms with Gasteiger partial charge >= 0.3 is 0 Å². The highest BCUT2D eigenvalue weighted by atomic mass is 16.5. The molecule has 0 atom stereocenters. The summed E-state index contributed by atoms with van der Waals surface area (Å²) in [6, 6.07) is 0. The van der Waals surface area contributed by atoms with Crippen LogP contribution in [-0.4, -0.2) is 57.4 Å². The SMILES string of the molecule is COCCN(CCC(N)=NO)c1nccn2cnnc12. The third-order valence-corrected chi connectivity index (χ3v) is 2.83. The Balaban J connectivity index is 2.22. The van der Waals surface area contributed by atoms with E-state index in [1.54, 1.807) is 30.2 Å². The summed E-state index contributed by atoms with van der Waals surface area (Å²) in [5.74, 6) is 0.855. The van der Waals surface area contributed by atoms with Crippen molar-refractivity contribution in [3.8, 4) is 0 Å². The van der Waals surface area contributed by atoms with Crippen LogP contribution in [0.2, 0.25) is 0 Å². The summed E-state index contributed by atoms with van der Waals surface area (Å²) in [5.41, 5.74) is 6.16. The average Bonchev–Trinajstić information content (AvgIpc) is 2.95. The van der Waals surface area contributed by atoms with Gasteiger partial charge in [0.1, 0.15) is 12.2 Å². The van der Waals surface area contributed by atoms with Gasteiger partial charge in [-0.1, -0.05) is 5.16 Å². The first-order chi connectivity index (χ1) is 9.76. The molecule has 9 nitrogen and oxygen atoms in total. The molecule has 0 bridgehead atoms. The number of hydrogen-bond acceptors (Lipinski definition) is 7. The van der Waals surface area contributed by atoms with E-state index in [-0.39, 0.29) is 5.84 Å². The molecule has 0 amide bonds. The normalized spacial score (nSPS) is 11.9. The molecule has 2 rings (SSSR count). The third kappa shape index (κ3) is 3.12. The van der Waals surface area contributed by atoms with Crippen molar-refractivity contribution in [3.05, 3.63) is 18.7 Å². The number of rotatable bonds is 7. The maximum Gasteiger partial charge on any atom is 0.203 e. The molecule has 0 aliphatic heterocycles. The molecule has 0 unspecified atom stereocenters. The summed E-state index contributed by atoms with van der Waals surface area (Å²) in [6.45, 7) is 1.70. The Kier molecular flexibility index (Phi) is 4.66. The van der Waals surface area contributed by atoms with E-state index >= 15 is 0 Å². The lowest BCUT2D eigenvalue weighted by atomic mass is 10.3. The molecule has 20 heavy (non-hydrogen) atoms. The van der Waals surface area contributed by atoms with Gasteiger partial charge in [0.25, 0.3) is 0 Å². The Hall–Kier alpha value is -2.42. The van der Waals surface area contributed by atoms with E-state index in [0.717, 1.165) is 0 Å². The van der Waals surface area contributed by atoms with Crippen LogP contribution in [0.25, 0.3) is 5.65 Å². The van der Waals surface area contributed by atoms with Gasteiger partial charge in [-0.05, 0) is 0 Å². The summed E-state index contributed by atoms with van der Waals surface area (Å²) in [5, 5.41) is 19.5. The van der Waals surface area contributed by atoms with E-state index in [4.69, 9.17) is 15.7 Å². The summed E-state index contributed by atoms with van der Waals surface area (Å²) in [7, 11) is 1.63. The van der Waals surface area contributed by atoms with Crippen molar-refractivity contribution in [2.75, 3.05) is 31.7 Å². The zero-order chi connectivity index (χ0) is 14.4. The van der Waals surface area contributed by atoms with Crippen LogP contribution in [-0.2, 0) is 4.74 Å². The van der Waals surface area contributed by atoms with Gasteiger partial charge in [0.2, 0.25) is 5.65 Å². The van der Waals surface area contributed by atoms with Crippen molar-refractivity contribution in [2.45, 2.75) is 6.42 Å². The number of ether oxygens (including phenoxy) is 1. The number of methoxy groups -OCH3 is 1. The van der Waals surface area contributed by atoms with Gasteiger partial charge in [0.05, 0.1) is 6.61 Å². The summed E-state index contributed by atoms with van der Waals surface area (Å²) in [6.07, 6.45) is 5.47. The second-order valence-corrected chi connectivity index (χ2v) is 4.13. The van der Waals surface area contributed by atoms with Crippen LogP contribution >= 0.6 is 0 Å². The first kappa shape index (κ1) is 14.0. The summed E-state index contributed by atoms with van der Waals surface area (Å²) >= 11 is 0. The van der Waals surface area contributed by atoms with Crippen LogP contribution in [0.5, 0.6) is 0 Å². The molecular weight excluding hydrogens is 262 g/mol. The largest absolute Gasteiger partial charge is 0.409 e. The average molecular weight is 279 g/mol. The minimum absolute atomic E-state index is 0.167. The second kappa shape index (κ2) is 6.66. The topological polar surface area (TPSA) is 114 Å². The zero-order valence-corrected chi connectivity index (χ0v) is 11.2. The monoisotopic (exact) mass is 279 g/mol. The number of aromatic nitrogens is 4. The highest BCUT2D eigenvalue weighted by Crippen LogP contribution is 2.16. The maximum atomic E-state index is 8.61. The van der Waals surface area contributed by atoms with E-state index in [1.807, 2.05) is 4.90 Å². The fourth-order valence-corrected chi connectivity index (χ4v) is 1.79. The van der Waals surface area contributed by atoms with Crippen LogP contribution in [0.3, 0.4) is 0 Å². The molecule has 0 fully saturated rings. The minimum Gasteiger partial charge on any atom is -0.409 e. The van der Waals surface area contributed by atoms with Gasteiger partial charge in [0.15, 0.2) is 5.82 Å². The van der Waals surface area contributed by atoms with Crippen LogP contribution in [0, 0.1) is 0 Å². The minimum atomic E-state index is 0.167. The first-order valence-electron chi connectivity index (χ1n) is 6.11. The molecule has 2 heterocycles. The molecule has 9 heteroatoms. The summed E-state index contributed by atoms with van der Waals surface area (Å²) < 4.78 is 6.88. The van der Waals surface area contributed by atoms with E-state index in [2.05, 4.69) is 20.3 Å². The van der Waals surface area contributed by atoms with Crippen molar-refractivity contribution in [2.24, 2.45) is 10.9 Å². The van der Waals surface area contributed by atoms with Gasteiger partial charge in [-0.25, -0.2) is 4.98 Å². The predicted octanol–water partition coefficient (Wildman–Crippen LogP) is -0.286. The lowest BCUT2D eigenvalue weighted by Gasteiger charge is -2.23. The van der Waals surface area contributed by atoms with Gasteiger partial charge in [-0.3, -0.25) is 4.40 Å². The van der Waals surface area contributed by atoms with Crippen molar-refractivity contribution in [3.63, 3.8) is 0 Å². The zero-order valence-electron chi connectivity index (χ0n) is 11.2. The molecule has 0 saturated carbocycles. The molecule has 0 saturated heterocycles. The van der Waals surface area contributed by atoms with Crippen molar-refractivity contribution >= 4 is 17.3 Å². The number of nitrogens with zero attached hydrogens (tertiary/aromatic N) is 6. The molecule has 0 spiro atoms. The molecule has 108 valence electrons. The number of anilines is 1. The Morgan fingerprint density at radius 3 is 3.15 bits per heavy atom. The molecule has 0 aromatic carbocycles. The highest BCUT2D eigenvalue weighted by Gasteiger charge is 2.14. The number of amidine groups is 1. The number of nitrogens with two attached hydrogens (primary N) is 1. The van der Waals surface area contributed by atoms with Crippen LogP contribution in [0.4, 0.5) is 5.82 Å². The standard InChI is InChI=1S/C11H17N7O2/c1-20-7-6-17(4-2-9(12)16-19)10-11-15-14-8-18(11)5-3-13-10/h3,5,8,19H,2,4,6-7H2,1H3,(H2,12,16). The highest BCUT2D eigenvalue weighted by molar-refractivity contribution is 5.80. The molecule has 2 aromatic heterocycles. The van der Waals surface area contributed by atoms with Gasteiger partial charge < -0.3 is 20.6 Å².